The zero-order chi connectivity index (χ0) is 11.7. The minimum Gasteiger partial charge on any atom is -0.396 e. The highest BCUT2D eigenvalue weighted by Gasteiger charge is 2.04. The van der Waals surface area contributed by atoms with Gasteiger partial charge in [0, 0.05) is 19.4 Å². The topological polar surface area (TPSA) is 57.6 Å². The lowest BCUT2D eigenvalue weighted by Crippen LogP contribution is -2.26. The second kappa shape index (κ2) is 8.07. The molecule has 0 amide bonds. The van der Waals surface area contributed by atoms with Crippen LogP contribution in [0.2, 0.25) is 0 Å². The molecule has 4 nitrogen and oxygen atoms in total. The van der Waals surface area contributed by atoms with E-state index in [0.717, 1.165) is 32.2 Å². The van der Waals surface area contributed by atoms with E-state index in [2.05, 4.69) is 0 Å². The number of aliphatic hydroxyl groups excluding tert-OH is 1. The summed E-state index contributed by atoms with van der Waals surface area (Å²) in [5.74, 6) is 0.236. The third-order valence-corrected chi connectivity index (χ3v) is 3.22. The molecule has 0 aromatic carbocycles. The van der Waals surface area contributed by atoms with Gasteiger partial charge in [-0.15, -0.1) is 0 Å². The summed E-state index contributed by atoms with van der Waals surface area (Å²) in [6, 6.07) is 0. The number of hydrogen-bond donors (Lipinski definition) is 1. The molecule has 0 radical (unpaired) electrons. The summed E-state index contributed by atoms with van der Waals surface area (Å²) in [6.45, 7) is 1.81. The lowest BCUT2D eigenvalue weighted by Gasteiger charge is -2.15. The van der Waals surface area contributed by atoms with E-state index in [1.807, 2.05) is 11.9 Å². The van der Waals surface area contributed by atoms with E-state index in [0.29, 0.717) is 6.54 Å². The van der Waals surface area contributed by atoms with Crippen molar-refractivity contribution in [2.75, 3.05) is 38.8 Å². The second-order valence-corrected chi connectivity index (χ2v) is 6.33. The molecule has 1 N–H and O–H groups in total. The summed E-state index contributed by atoms with van der Waals surface area (Å²) in [7, 11) is -0.891. The molecule has 92 valence electrons. The molecule has 0 fully saturated rings. The van der Waals surface area contributed by atoms with Gasteiger partial charge in [0.2, 0.25) is 0 Å². The van der Waals surface area contributed by atoms with Crippen molar-refractivity contribution in [2.45, 2.75) is 25.7 Å². The van der Waals surface area contributed by atoms with Gasteiger partial charge >= 0.3 is 0 Å². The van der Waals surface area contributed by atoms with Crippen molar-refractivity contribution in [2.24, 2.45) is 0 Å². The third kappa shape index (κ3) is 11.8. The van der Waals surface area contributed by atoms with Gasteiger partial charge in [0.15, 0.2) is 0 Å². The Bertz CT molecular complexity index is 239. The summed E-state index contributed by atoms with van der Waals surface area (Å²) < 4.78 is 21.8. The molecule has 0 aliphatic carbocycles. The van der Waals surface area contributed by atoms with Crippen molar-refractivity contribution in [1.82, 2.24) is 4.90 Å². The SMILES string of the molecule is CN(CCCCCCO)CCS(C)(=O)=O. The summed E-state index contributed by atoms with van der Waals surface area (Å²) in [6.07, 6.45) is 5.36. The molecular formula is C10H23NO3S. The molecule has 0 saturated carbocycles. The van der Waals surface area contributed by atoms with Gasteiger partial charge in [0.1, 0.15) is 9.84 Å². The van der Waals surface area contributed by atoms with Crippen LogP contribution in [0.5, 0.6) is 0 Å². The Kier molecular flexibility index (Phi) is 8.00. The zero-order valence-electron chi connectivity index (χ0n) is 9.78. The van der Waals surface area contributed by atoms with E-state index in [-0.39, 0.29) is 12.4 Å². The first-order chi connectivity index (χ1) is 6.95. The molecule has 15 heavy (non-hydrogen) atoms. The highest BCUT2D eigenvalue weighted by molar-refractivity contribution is 7.90. The summed E-state index contributed by atoms with van der Waals surface area (Å²) in [5.41, 5.74) is 0. The van der Waals surface area contributed by atoms with Crippen molar-refractivity contribution < 1.29 is 13.5 Å². The average molecular weight is 237 g/mol. The third-order valence-electron chi connectivity index (χ3n) is 2.29. The molecule has 0 spiro atoms. The average Bonchev–Trinajstić information content (AvgIpc) is 2.13. The van der Waals surface area contributed by atoms with Crippen molar-refractivity contribution >= 4 is 9.84 Å². The number of hydrogen-bond acceptors (Lipinski definition) is 4. The van der Waals surface area contributed by atoms with Gasteiger partial charge in [0.05, 0.1) is 5.75 Å². The van der Waals surface area contributed by atoms with Crippen LogP contribution in [0.25, 0.3) is 0 Å². The Morgan fingerprint density at radius 2 is 1.67 bits per heavy atom. The van der Waals surface area contributed by atoms with Gasteiger partial charge in [-0.25, -0.2) is 8.42 Å². The van der Waals surface area contributed by atoms with E-state index in [1.165, 1.54) is 6.26 Å². The normalized spacial score (nSPS) is 12.3. The minimum absolute atomic E-state index is 0.236. The van der Waals surface area contributed by atoms with E-state index < -0.39 is 9.84 Å². The fourth-order valence-electron chi connectivity index (χ4n) is 1.28. The Morgan fingerprint density at radius 1 is 1.07 bits per heavy atom. The van der Waals surface area contributed by atoms with Gasteiger partial charge in [-0.3, -0.25) is 0 Å². The first kappa shape index (κ1) is 14.9. The quantitative estimate of drug-likeness (QED) is 0.594. The number of aliphatic hydroxyl groups is 1. The molecule has 0 aliphatic heterocycles. The highest BCUT2D eigenvalue weighted by atomic mass is 32.2. The zero-order valence-corrected chi connectivity index (χ0v) is 10.6. The molecule has 5 heteroatoms. The Balaban J connectivity index is 3.37. The largest absolute Gasteiger partial charge is 0.396 e. The molecule has 0 bridgehead atoms. The first-order valence-corrected chi connectivity index (χ1v) is 7.49. The fourth-order valence-corrected chi connectivity index (χ4v) is 1.92. The molecule has 0 rings (SSSR count). The van der Waals surface area contributed by atoms with Crippen LogP contribution in [0.15, 0.2) is 0 Å². The van der Waals surface area contributed by atoms with Crippen LogP contribution in [0.1, 0.15) is 25.7 Å². The van der Waals surface area contributed by atoms with E-state index >= 15 is 0 Å². The first-order valence-electron chi connectivity index (χ1n) is 5.43. The smallest absolute Gasteiger partial charge is 0.148 e. The van der Waals surface area contributed by atoms with Gasteiger partial charge < -0.3 is 10.0 Å². The van der Waals surface area contributed by atoms with Crippen LogP contribution in [0, 0.1) is 0 Å². The van der Waals surface area contributed by atoms with Gasteiger partial charge in [-0.05, 0) is 26.4 Å². The molecule has 0 saturated heterocycles. The minimum atomic E-state index is -2.83. The van der Waals surface area contributed by atoms with Crippen LogP contribution in [0.3, 0.4) is 0 Å². The van der Waals surface area contributed by atoms with Crippen LogP contribution in [-0.2, 0) is 9.84 Å². The lowest BCUT2D eigenvalue weighted by atomic mass is 10.2. The summed E-state index contributed by atoms with van der Waals surface area (Å²) in [4.78, 5) is 2.04. The molecular weight excluding hydrogens is 214 g/mol. The van der Waals surface area contributed by atoms with Gasteiger partial charge in [0.25, 0.3) is 0 Å². The standard InChI is InChI=1S/C10H23NO3S/c1-11(8-10-15(2,13)14)7-5-3-4-6-9-12/h12H,3-10H2,1-2H3. The number of rotatable bonds is 9. The van der Waals surface area contributed by atoms with Crippen molar-refractivity contribution in [3.05, 3.63) is 0 Å². The second-order valence-electron chi connectivity index (χ2n) is 4.07. The molecule has 0 aliphatic rings. The number of sulfone groups is 1. The molecule has 0 aromatic heterocycles. The molecule has 0 heterocycles. The van der Waals surface area contributed by atoms with Crippen LogP contribution in [0.4, 0.5) is 0 Å². The van der Waals surface area contributed by atoms with Crippen molar-refractivity contribution in [3.8, 4) is 0 Å². The highest BCUT2D eigenvalue weighted by Crippen LogP contribution is 2.00. The van der Waals surface area contributed by atoms with Crippen LogP contribution in [-0.4, -0.2) is 57.2 Å². The van der Waals surface area contributed by atoms with Crippen LogP contribution >= 0.6 is 0 Å². The Labute approximate surface area is 93.2 Å². The maximum atomic E-state index is 10.9. The van der Waals surface area contributed by atoms with Crippen molar-refractivity contribution in [1.29, 1.82) is 0 Å². The maximum absolute atomic E-state index is 10.9. The number of nitrogens with zero attached hydrogens (tertiary/aromatic N) is 1. The molecule has 0 aromatic rings. The van der Waals surface area contributed by atoms with E-state index in [1.54, 1.807) is 0 Å². The van der Waals surface area contributed by atoms with E-state index in [4.69, 9.17) is 5.11 Å². The number of unbranched alkanes of at least 4 members (excludes halogenated alkanes) is 3. The summed E-state index contributed by atoms with van der Waals surface area (Å²) >= 11 is 0. The molecule has 0 atom stereocenters. The molecule has 0 unspecified atom stereocenters. The maximum Gasteiger partial charge on any atom is 0.148 e. The van der Waals surface area contributed by atoms with Gasteiger partial charge in [-0.2, -0.15) is 0 Å². The fraction of sp³-hybridized carbons (Fsp3) is 1.00. The predicted octanol–water partition coefficient (Wildman–Crippen LogP) is 0.516. The van der Waals surface area contributed by atoms with Gasteiger partial charge in [-0.1, -0.05) is 12.8 Å². The lowest BCUT2D eigenvalue weighted by molar-refractivity contribution is 0.279. The van der Waals surface area contributed by atoms with E-state index in [9.17, 15) is 8.42 Å². The summed E-state index contributed by atoms with van der Waals surface area (Å²) in [5, 5.41) is 8.57. The predicted molar refractivity (Wildman–Crippen MR) is 62.8 cm³/mol. The Hall–Kier alpha value is -0.130. The van der Waals surface area contributed by atoms with Crippen molar-refractivity contribution in [3.63, 3.8) is 0 Å². The monoisotopic (exact) mass is 237 g/mol. The van der Waals surface area contributed by atoms with Crippen LogP contribution < -0.4 is 0 Å². The Morgan fingerprint density at radius 3 is 2.20 bits per heavy atom.